The van der Waals surface area contributed by atoms with Gasteiger partial charge in [-0.2, -0.15) is 0 Å². The molecule has 0 aliphatic heterocycles. The van der Waals surface area contributed by atoms with Gasteiger partial charge in [0.15, 0.2) is 0 Å². The molecule has 0 amide bonds. The third-order valence-electron chi connectivity index (χ3n) is 3.13. The summed E-state index contributed by atoms with van der Waals surface area (Å²) in [5.74, 6) is 1.04. The van der Waals surface area contributed by atoms with Gasteiger partial charge in [-0.1, -0.05) is 29.8 Å². The van der Waals surface area contributed by atoms with Crippen molar-refractivity contribution in [1.82, 2.24) is 5.32 Å². The lowest BCUT2D eigenvalue weighted by molar-refractivity contribution is 0.426. The molecular formula is C15H19NO. The molecule has 2 rings (SSSR count). The van der Waals surface area contributed by atoms with Gasteiger partial charge >= 0.3 is 0 Å². The first-order valence-electron chi connectivity index (χ1n) is 5.97. The zero-order chi connectivity index (χ0) is 12.3. The zero-order valence-corrected chi connectivity index (χ0v) is 10.7. The molecule has 1 aromatic carbocycles. The molecule has 0 spiro atoms. The van der Waals surface area contributed by atoms with Crippen LogP contribution in [0.15, 0.2) is 41.0 Å². The first-order chi connectivity index (χ1) is 8.20. The minimum atomic E-state index is 0.243. The Labute approximate surface area is 103 Å². The van der Waals surface area contributed by atoms with E-state index in [0.29, 0.717) is 0 Å². The van der Waals surface area contributed by atoms with Gasteiger partial charge in [0.2, 0.25) is 0 Å². The van der Waals surface area contributed by atoms with Crippen molar-refractivity contribution in [3.63, 3.8) is 0 Å². The molecule has 0 fully saturated rings. The van der Waals surface area contributed by atoms with E-state index in [4.69, 9.17) is 4.42 Å². The van der Waals surface area contributed by atoms with E-state index in [2.05, 4.69) is 43.4 Å². The summed E-state index contributed by atoms with van der Waals surface area (Å²) >= 11 is 0. The number of hydrogen-bond donors (Lipinski definition) is 1. The molecule has 1 N–H and O–H groups in total. The van der Waals surface area contributed by atoms with Crippen molar-refractivity contribution in [3.8, 4) is 0 Å². The maximum atomic E-state index is 5.55. The average Bonchev–Trinajstić information content (AvgIpc) is 2.75. The molecule has 1 unspecified atom stereocenters. The van der Waals surface area contributed by atoms with Gasteiger partial charge in [-0.05, 0) is 44.5 Å². The van der Waals surface area contributed by atoms with Gasteiger partial charge in [-0.25, -0.2) is 0 Å². The molecule has 0 aliphatic rings. The minimum Gasteiger partial charge on any atom is -0.467 e. The van der Waals surface area contributed by atoms with E-state index in [9.17, 15) is 0 Å². The van der Waals surface area contributed by atoms with Crippen molar-refractivity contribution < 1.29 is 4.42 Å². The van der Waals surface area contributed by atoms with Gasteiger partial charge in [0.05, 0.1) is 12.3 Å². The van der Waals surface area contributed by atoms with Crippen LogP contribution in [0, 0.1) is 13.8 Å². The number of hydrogen-bond acceptors (Lipinski definition) is 2. The maximum Gasteiger partial charge on any atom is 0.123 e. The maximum absolute atomic E-state index is 5.55. The van der Waals surface area contributed by atoms with Crippen LogP contribution in [-0.4, -0.2) is 7.05 Å². The van der Waals surface area contributed by atoms with Gasteiger partial charge in [-0.3, -0.25) is 0 Å². The van der Waals surface area contributed by atoms with Gasteiger partial charge < -0.3 is 9.73 Å². The Morgan fingerprint density at radius 2 is 1.82 bits per heavy atom. The number of furan rings is 1. The van der Waals surface area contributed by atoms with Gasteiger partial charge in [0.1, 0.15) is 5.76 Å². The quantitative estimate of drug-likeness (QED) is 0.869. The SMILES string of the molecule is CNC(Cc1ccc(C)cc1)c1occc1C. The second-order valence-electron chi connectivity index (χ2n) is 4.50. The third kappa shape index (κ3) is 2.77. The highest BCUT2D eigenvalue weighted by Gasteiger charge is 2.15. The summed E-state index contributed by atoms with van der Waals surface area (Å²) < 4.78 is 5.55. The van der Waals surface area contributed by atoms with Crippen LogP contribution in [-0.2, 0) is 6.42 Å². The standard InChI is InChI=1S/C15H19NO/c1-11-4-6-13(7-5-11)10-14(16-3)15-12(2)8-9-17-15/h4-9,14,16H,10H2,1-3H3. The highest BCUT2D eigenvalue weighted by atomic mass is 16.3. The fourth-order valence-corrected chi connectivity index (χ4v) is 2.03. The lowest BCUT2D eigenvalue weighted by atomic mass is 10.0. The normalized spacial score (nSPS) is 12.6. The van der Waals surface area contributed by atoms with Crippen LogP contribution >= 0.6 is 0 Å². The Bertz CT molecular complexity index is 470. The Morgan fingerprint density at radius 1 is 1.12 bits per heavy atom. The minimum absolute atomic E-state index is 0.243. The Balaban J connectivity index is 2.16. The van der Waals surface area contributed by atoms with Crippen molar-refractivity contribution in [2.75, 3.05) is 7.05 Å². The molecule has 90 valence electrons. The van der Waals surface area contributed by atoms with E-state index in [1.165, 1.54) is 16.7 Å². The average molecular weight is 229 g/mol. The summed E-state index contributed by atoms with van der Waals surface area (Å²) in [7, 11) is 1.97. The fraction of sp³-hybridized carbons (Fsp3) is 0.333. The number of likely N-dealkylation sites (N-methyl/N-ethyl adjacent to an activating group) is 1. The van der Waals surface area contributed by atoms with Crippen LogP contribution in [0.1, 0.15) is 28.5 Å². The molecule has 0 bridgehead atoms. The fourth-order valence-electron chi connectivity index (χ4n) is 2.03. The first-order valence-corrected chi connectivity index (χ1v) is 5.97. The predicted molar refractivity (Wildman–Crippen MR) is 70.1 cm³/mol. The topological polar surface area (TPSA) is 25.2 Å². The summed E-state index contributed by atoms with van der Waals surface area (Å²) in [6.45, 7) is 4.19. The number of nitrogens with one attached hydrogen (secondary N) is 1. The molecule has 1 atom stereocenters. The number of benzene rings is 1. The lowest BCUT2D eigenvalue weighted by Crippen LogP contribution is -2.19. The highest BCUT2D eigenvalue weighted by molar-refractivity contribution is 5.25. The largest absolute Gasteiger partial charge is 0.467 e. The monoisotopic (exact) mass is 229 g/mol. The molecule has 1 heterocycles. The third-order valence-corrected chi connectivity index (χ3v) is 3.13. The molecule has 17 heavy (non-hydrogen) atoms. The zero-order valence-electron chi connectivity index (χ0n) is 10.7. The number of rotatable bonds is 4. The first kappa shape index (κ1) is 11.9. The van der Waals surface area contributed by atoms with Crippen LogP contribution < -0.4 is 5.32 Å². The molecule has 2 heteroatoms. The van der Waals surface area contributed by atoms with Gasteiger partial charge in [0, 0.05) is 0 Å². The van der Waals surface area contributed by atoms with Crippen molar-refractivity contribution in [3.05, 3.63) is 59.0 Å². The summed E-state index contributed by atoms with van der Waals surface area (Å²) in [5, 5.41) is 3.31. The Kier molecular flexibility index (Phi) is 3.64. The van der Waals surface area contributed by atoms with Crippen molar-refractivity contribution >= 4 is 0 Å². The second kappa shape index (κ2) is 5.19. The van der Waals surface area contributed by atoms with E-state index >= 15 is 0 Å². The van der Waals surface area contributed by atoms with Crippen LogP contribution in [0.25, 0.3) is 0 Å². The van der Waals surface area contributed by atoms with E-state index in [0.717, 1.165) is 12.2 Å². The molecule has 1 aromatic heterocycles. The Morgan fingerprint density at radius 3 is 2.35 bits per heavy atom. The summed E-state index contributed by atoms with van der Waals surface area (Å²) in [5.41, 5.74) is 3.83. The summed E-state index contributed by atoms with van der Waals surface area (Å²) in [4.78, 5) is 0. The Hall–Kier alpha value is -1.54. The molecule has 0 aliphatic carbocycles. The van der Waals surface area contributed by atoms with E-state index in [1.807, 2.05) is 13.1 Å². The van der Waals surface area contributed by atoms with E-state index in [-0.39, 0.29) is 6.04 Å². The molecule has 2 nitrogen and oxygen atoms in total. The summed E-state index contributed by atoms with van der Waals surface area (Å²) in [6.07, 6.45) is 2.70. The van der Waals surface area contributed by atoms with Gasteiger partial charge in [0.25, 0.3) is 0 Å². The van der Waals surface area contributed by atoms with Crippen LogP contribution in [0.4, 0.5) is 0 Å². The highest BCUT2D eigenvalue weighted by Crippen LogP contribution is 2.22. The predicted octanol–water partition coefficient (Wildman–Crippen LogP) is 3.40. The second-order valence-corrected chi connectivity index (χ2v) is 4.50. The van der Waals surface area contributed by atoms with E-state index in [1.54, 1.807) is 6.26 Å². The van der Waals surface area contributed by atoms with Gasteiger partial charge in [-0.15, -0.1) is 0 Å². The van der Waals surface area contributed by atoms with Crippen LogP contribution in [0.2, 0.25) is 0 Å². The molecule has 0 radical (unpaired) electrons. The molecular weight excluding hydrogens is 210 g/mol. The smallest absolute Gasteiger partial charge is 0.123 e. The van der Waals surface area contributed by atoms with Crippen molar-refractivity contribution in [1.29, 1.82) is 0 Å². The molecule has 0 saturated carbocycles. The number of aryl methyl sites for hydroxylation is 2. The molecule has 0 saturated heterocycles. The van der Waals surface area contributed by atoms with Crippen LogP contribution in [0.5, 0.6) is 0 Å². The lowest BCUT2D eigenvalue weighted by Gasteiger charge is -2.15. The van der Waals surface area contributed by atoms with Crippen molar-refractivity contribution in [2.45, 2.75) is 26.3 Å². The molecule has 2 aromatic rings. The summed E-state index contributed by atoms with van der Waals surface area (Å²) in [6, 6.07) is 10.9. The van der Waals surface area contributed by atoms with Crippen molar-refractivity contribution in [2.24, 2.45) is 0 Å². The van der Waals surface area contributed by atoms with Crippen LogP contribution in [0.3, 0.4) is 0 Å². The van der Waals surface area contributed by atoms with E-state index < -0.39 is 0 Å².